The van der Waals surface area contributed by atoms with Crippen molar-refractivity contribution >= 4 is 6.41 Å². The van der Waals surface area contributed by atoms with E-state index >= 15 is 0 Å². The van der Waals surface area contributed by atoms with Crippen molar-refractivity contribution in [3.05, 3.63) is 0 Å². The molecule has 3 heteroatoms. The molecule has 1 aliphatic rings. The number of ether oxygens (including phenoxy) is 1. The number of carbonyl (C=O) groups excluding carboxylic acids is 1. The lowest BCUT2D eigenvalue weighted by atomic mass is 10.1. The van der Waals surface area contributed by atoms with E-state index in [9.17, 15) is 4.79 Å². The average Bonchev–Trinajstić information content (AvgIpc) is 2.07. The molecule has 1 atom stereocenters. The fourth-order valence-corrected chi connectivity index (χ4v) is 1.34. The van der Waals surface area contributed by atoms with Gasteiger partial charge in [-0.3, -0.25) is 4.79 Å². The van der Waals surface area contributed by atoms with Gasteiger partial charge in [0.25, 0.3) is 0 Å². The molecule has 1 amide bonds. The highest BCUT2D eigenvalue weighted by Crippen LogP contribution is 2.14. The molecule has 0 radical (unpaired) electrons. The molecule has 1 saturated heterocycles. The Kier molecular flexibility index (Phi) is 3.98. The van der Waals surface area contributed by atoms with Crippen LogP contribution in [-0.2, 0) is 9.53 Å². The van der Waals surface area contributed by atoms with Crippen molar-refractivity contribution in [2.24, 2.45) is 0 Å². The molecule has 1 aliphatic heterocycles. The lowest BCUT2D eigenvalue weighted by Crippen LogP contribution is -2.24. The van der Waals surface area contributed by atoms with E-state index in [1.165, 1.54) is 12.8 Å². The SMILES string of the molecule is O=CNCCC1CCCCO1. The van der Waals surface area contributed by atoms with E-state index in [0.717, 1.165) is 32.4 Å². The minimum absolute atomic E-state index is 0.385. The first-order chi connectivity index (χ1) is 5.43. The molecule has 64 valence electrons. The standard InChI is InChI=1S/C8H15NO2/c10-7-9-5-4-8-3-1-2-6-11-8/h7-8H,1-6H2,(H,9,10). The van der Waals surface area contributed by atoms with Crippen LogP contribution < -0.4 is 5.32 Å². The van der Waals surface area contributed by atoms with Crippen molar-refractivity contribution in [3.63, 3.8) is 0 Å². The zero-order chi connectivity index (χ0) is 7.94. The summed E-state index contributed by atoms with van der Waals surface area (Å²) in [6.45, 7) is 1.64. The van der Waals surface area contributed by atoms with E-state index in [1.807, 2.05) is 0 Å². The molecular weight excluding hydrogens is 142 g/mol. The van der Waals surface area contributed by atoms with Crippen LogP contribution in [0.3, 0.4) is 0 Å². The summed E-state index contributed by atoms with van der Waals surface area (Å²) in [6, 6.07) is 0. The van der Waals surface area contributed by atoms with E-state index in [0.29, 0.717) is 6.10 Å². The van der Waals surface area contributed by atoms with Crippen LogP contribution in [-0.4, -0.2) is 25.7 Å². The third-order valence-corrected chi connectivity index (χ3v) is 1.97. The molecule has 1 fully saturated rings. The molecule has 0 aliphatic carbocycles. The van der Waals surface area contributed by atoms with Crippen molar-refractivity contribution in [1.82, 2.24) is 5.32 Å². The zero-order valence-electron chi connectivity index (χ0n) is 6.71. The Morgan fingerprint density at radius 3 is 3.09 bits per heavy atom. The number of carbonyl (C=O) groups is 1. The van der Waals surface area contributed by atoms with Crippen molar-refractivity contribution < 1.29 is 9.53 Å². The first-order valence-electron chi connectivity index (χ1n) is 4.22. The van der Waals surface area contributed by atoms with Gasteiger partial charge in [-0.1, -0.05) is 0 Å². The van der Waals surface area contributed by atoms with Gasteiger partial charge in [0.2, 0.25) is 6.41 Å². The highest BCUT2D eigenvalue weighted by molar-refractivity contribution is 5.45. The van der Waals surface area contributed by atoms with Gasteiger partial charge in [-0.15, -0.1) is 0 Å². The van der Waals surface area contributed by atoms with Crippen LogP contribution in [0.15, 0.2) is 0 Å². The summed E-state index contributed by atoms with van der Waals surface area (Å²) in [4.78, 5) is 9.89. The molecule has 1 heterocycles. The van der Waals surface area contributed by atoms with Crippen LogP contribution in [0.4, 0.5) is 0 Å². The summed E-state index contributed by atoms with van der Waals surface area (Å²) < 4.78 is 5.47. The number of hydrogen-bond donors (Lipinski definition) is 1. The molecule has 1 N–H and O–H groups in total. The Morgan fingerprint density at radius 1 is 1.55 bits per heavy atom. The van der Waals surface area contributed by atoms with Crippen molar-refractivity contribution in [2.45, 2.75) is 31.8 Å². The fraction of sp³-hybridized carbons (Fsp3) is 0.875. The van der Waals surface area contributed by atoms with Crippen molar-refractivity contribution in [3.8, 4) is 0 Å². The Morgan fingerprint density at radius 2 is 2.45 bits per heavy atom. The second-order valence-corrected chi connectivity index (χ2v) is 2.85. The van der Waals surface area contributed by atoms with E-state index in [1.54, 1.807) is 0 Å². The number of nitrogens with one attached hydrogen (secondary N) is 1. The predicted octanol–water partition coefficient (Wildman–Crippen LogP) is 0.692. The number of rotatable bonds is 4. The molecule has 0 bridgehead atoms. The molecule has 0 spiro atoms. The van der Waals surface area contributed by atoms with E-state index in [2.05, 4.69) is 5.32 Å². The highest BCUT2D eigenvalue weighted by Gasteiger charge is 2.12. The van der Waals surface area contributed by atoms with Crippen molar-refractivity contribution in [2.75, 3.05) is 13.2 Å². The van der Waals surface area contributed by atoms with Gasteiger partial charge in [0.15, 0.2) is 0 Å². The van der Waals surface area contributed by atoms with Gasteiger partial charge in [-0.2, -0.15) is 0 Å². The smallest absolute Gasteiger partial charge is 0.207 e. The van der Waals surface area contributed by atoms with E-state index in [4.69, 9.17) is 4.74 Å². The van der Waals surface area contributed by atoms with Crippen LogP contribution in [0.5, 0.6) is 0 Å². The van der Waals surface area contributed by atoms with E-state index < -0.39 is 0 Å². The molecule has 0 aromatic carbocycles. The lowest BCUT2D eigenvalue weighted by Gasteiger charge is -2.21. The summed E-state index contributed by atoms with van der Waals surface area (Å²) >= 11 is 0. The maximum absolute atomic E-state index is 9.89. The molecule has 1 rings (SSSR count). The second kappa shape index (κ2) is 5.13. The second-order valence-electron chi connectivity index (χ2n) is 2.85. The van der Waals surface area contributed by atoms with Gasteiger partial charge in [-0.05, 0) is 25.7 Å². The number of hydrogen-bond acceptors (Lipinski definition) is 2. The normalized spacial score (nSPS) is 24.5. The zero-order valence-corrected chi connectivity index (χ0v) is 6.71. The predicted molar refractivity (Wildman–Crippen MR) is 42.3 cm³/mol. The van der Waals surface area contributed by atoms with Gasteiger partial charge >= 0.3 is 0 Å². The molecule has 0 aromatic rings. The highest BCUT2D eigenvalue weighted by atomic mass is 16.5. The summed E-state index contributed by atoms with van der Waals surface area (Å²) in [5.74, 6) is 0. The third kappa shape index (κ3) is 3.37. The summed E-state index contributed by atoms with van der Waals surface area (Å²) in [5.41, 5.74) is 0. The van der Waals surface area contributed by atoms with E-state index in [-0.39, 0.29) is 0 Å². The summed E-state index contributed by atoms with van der Waals surface area (Å²) in [6.07, 6.45) is 5.70. The Bertz CT molecular complexity index is 111. The Balaban J connectivity index is 2.00. The molecular formula is C8H15NO2. The molecule has 1 unspecified atom stereocenters. The maximum Gasteiger partial charge on any atom is 0.207 e. The third-order valence-electron chi connectivity index (χ3n) is 1.97. The quantitative estimate of drug-likeness (QED) is 0.481. The molecule has 3 nitrogen and oxygen atoms in total. The van der Waals surface area contributed by atoms with Gasteiger partial charge < -0.3 is 10.1 Å². The lowest BCUT2D eigenvalue weighted by molar-refractivity contribution is -0.109. The summed E-state index contributed by atoms with van der Waals surface area (Å²) in [5, 5.41) is 2.63. The average molecular weight is 157 g/mol. The van der Waals surface area contributed by atoms with Crippen LogP contribution in [0, 0.1) is 0 Å². The first kappa shape index (κ1) is 8.53. The van der Waals surface area contributed by atoms with Gasteiger partial charge in [0.1, 0.15) is 0 Å². The topological polar surface area (TPSA) is 38.3 Å². The first-order valence-corrected chi connectivity index (χ1v) is 4.22. The van der Waals surface area contributed by atoms with Crippen molar-refractivity contribution in [1.29, 1.82) is 0 Å². The molecule has 0 aromatic heterocycles. The largest absolute Gasteiger partial charge is 0.378 e. The van der Waals surface area contributed by atoms with Crippen LogP contribution in [0.1, 0.15) is 25.7 Å². The fourth-order valence-electron chi connectivity index (χ4n) is 1.34. The van der Waals surface area contributed by atoms with Gasteiger partial charge in [0.05, 0.1) is 6.10 Å². The summed E-state index contributed by atoms with van der Waals surface area (Å²) in [7, 11) is 0. The maximum atomic E-state index is 9.89. The Hall–Kier alpha value is -0.570. The minimum atomic E-state index is 0.385. The van der Waals surface area contributed by atoms with Gasteiger partial charge in [-0.25, -0.2) is 0 Å². The van der Waals surface area contributed by atoms with Crippen LogP contribution >= 0.6 is 0 Å². The molecule has 11 heavy (non-hydrogen) atoms. The number of amides is 1. The molecule has 0 saturated carbocycles. The minimum Gasteiger partial charge on any atom is -0.378 e. The van der Waals surface area contributed by atoms with Crippen LogP contribution in [0.25, 0.3) is 0 Å². The Labute approximate surface area is 67.1 Å². The monoisotopic (exact) mass is 157 g/mol. The van der Waals surface area contributed by atoms with Gasteiger partial charge in [0, 0.05) is 13.2 Å². The van der Waals surface area contributed by atoms with Crippen LogP contribution in [0.2, 0.25) is 0 Å².